The first-order chi connectivity index (χ1) is 30.7. The van der Waals surface area contributed by atoms with Crippen molar-refractivity contribution in [3.05, 3.63) is 224 Å². The molecule has 0 saturated heterocycles. The topological polar surface area (TPSA) is 38.7 Å². The summed E-state index contributed by atoms with van der Waals surface area (Å²) >= 11 is 0. The SMILES string of the molecule is c1ccc(-c2nc(-c3ccc4ccccc4c3)nc(-c3ccccc3)c2-c2ccc(-c3cc4c(-c5ccc6ccccc6c5)nc5ccccc5c4c4ccccc34)cc2)cc1. The number of benzene rings is 10. The lowest BCUT2D eigenvalue weighted by atomic mass is 9.88. The Hall–Kier alpha value is -8.27. The minimum atomic E-state index is 0.694. The van der Waals surface area contributed by atoms with Gasteiger partial charge in [0.25, 0.3) is 0 Å². The van der Waals surface area contributed by atoms with E-state index in [1.807, 2.05) is 0 Å². The van der Waals surface area contributed by atoms with Crippen LogP contribution < -0.4 is 0 Å². The number of hydrogen-bond donors (Lipinski definition) is 0. The number of nitrogens with zero attached hydrogens (tertiary/aromatic N) is 3. The third-order valence-electron chi connectivity index (χ3n) is 12.2. The van der Waals surface area contributed by atoms with Crippen LogP contribution in [0.5, 0.6) is 0 Å². The van der Waals surface area contributed by atoms with Crippen molar-refractivity contribution < 1.29 is 0 Å². The molecule has 0 aliphatic heterocycles. The summed E-state index contributed by atoms with van der Waals surface area (Å²) in [7, 11) is 0. The highest BCUT2D eigenvalue weighted by Crippen LogP contribution is 2.44. The van der Waals surface area contributed by atoms with E-state index in [1.54, 1.807) is 0 Å². The van der Waals surface area contributed by atoms with Crippen LogP contribution in [-0.2, 0) is 0 Å². The van der Waals surface area contributed by atoms with Gasteiger partial charge in [-0.25, -0.2) is 15.0 Å². The zero-order chi connectivity index (χ0) is 41.0. The fourth-order valence-electron chi connectivity index (χ4n) is 9.23. The van der Waals surface area contributed by atoms with Gasteiger partial charge >= 0.3 is 0 Å². The zero-order valence-corrected chi connectivity index (χ0v) is 33.7. The first-order valence-corrected chi connectivity index (χ1v) is 21.1. The molecule has 2 heterocycles. The normalized spacial score (nSPS) is 11.5. The highest BCUT2D eigenvalue weighted by molar-refractivity contribution is 6.25. The number of hydrogen-bond acceptors (Lipinski definition) is 3. The summed E-state index contributed by atoms with van der Waals surface area (Å²) in [6.45, 7) is 0. The van der Waals surface area contributed by atoms with Gasteiger partial charge in [-0.1, -0.05) is 200 Å². The van der Waals surface area contributed by atoms with E-state index in [4.69, 9.17) is 15.0 Å². The smallest absolute Gasteiger partial charge is 0.160 e. The van der Waals surface area contributed by atoms with Crippen LogP contribution in [0.3, 0.4) is 0 Å². The van der Waals surface area contributed by atoms with Gasteiger partial charge in [0.15, 0.2) is 5.82 Å². The highest BCUT2D eigenvalue weighted by Gasteiger charge is 2.22. The van der Waals surface area contributed by atoms with E-state index in [9.17, 15) is 0 Å². The largest absolute Gasteiger partial charge is 0.247 e. The Bertz CT molecular complexity index is 3610. The summed E-state index contributed by atoms with van der Waals surface area (Å²) in [5, 5.41) is 10.7. The monoisotopic (exact) mass is 787 g/mol. The maximum atomic E-state index is 5.40. The molecular formula is C59H37N3. The summed E-state index contributed by atoms with van der Waals surface area (Å²) in [6, 6.07) is 79.9. The summed E-state index contributed by atoms with van der Waals surface area (Å²) in [5.41, 5.74) is 12.2. The van der Waals surface area contributed by atoms with Crippen LogP contribution in [0.2, 0.25) is 0 Å². The van der Waals surface area contributed by atoms with Crippen LogP contribution in [-0.4, -0.2) is 15.0 Å². The second kappa shape index (κ2) is 14.8. The van der Waals surface area contributed by atoms with Crippen LogP contribution in [0.4, 0.5) is 0 Å². The molecule has 0 bridgehead atoms. The Kier molecular flexibility index (Phi) is 8.50. The lowest BCUT2D eigenvalue weighted by molar-refractivity contribution is 1.19. The molecular weight excluding hydrogens is 751 g/mol. The molecule has 12 aromatic rings. The molecule has 0 spiro atoms. The van der Waals surface area contributed by atoms with Crippen LogP contribution in [0.1, 0.15) is 0 Å². The van der Waals surface area contributed by atoms with Crippen molar-refractivity contribution in [2.24, 2.45) is 0 Å². The van der Waals surface area contributed by atoms with Gasteiger partial charge in [-0.3, -0.25) is 0 Å². The van der Waals surface area contributed by atoms with E-state index < -0.39 is 0 Å². The Balaban J connectivity index is 1.07. The van der Waals surface area contributed by atoms with Gasteiger partial charge in [0.2, 0.25) is 0 Å². The highest BCUT2D eigenvalue weighted by atomic mass is 14.9. The molecule has 3 nitrogen and oxygen atoms in total. The van der Waals surface area contributed by atoms with E-state index in [0.717, 1.165) is 83.3 Å². The van der Waals surface area contributed by atoms with Crippen molar-refractivity contribution in [1.29, 1.82) is 0 Å². The first-order valence-electron chi connectivity index (χ1n) is 21.1. The Morgan fingerprint density at radius 2 is 0.742 bits per heavy atom. The molecule has 0 fully saturated rings. The van der Waals surface area contributed by atoms with Gasteiger partial charge in [-0.15, -0.1) is 0 Å². The number of fused-ring (bicyclic) bond motifs is 7. The zero-order valence-electron chi connectivity index (χ0n) is 33.7. The van der Waals surface area contributed by atoms with Gasteiger partial charge < -0.3 is 0 Å². The van der Waals surface area contributed by atoms with Crippen molar-refractivity contribution in [2.45, 2.75) is 0 Å². The molecule has 0 aliphatic carbocycles. The quantitative estimate of drug-likeness (QED) is 0.158. The fourth-order valence-corrected chi connectivity index (χ4v) is 9.23. The molecule has 0 saturated carbocycles. The van der Waals surface area contributed by atoms with Crippen molar-refractivity contribution in [1.82, 2.24) is 15.0 Å². The lowest BCUT2D eigenvalue weighted by Gasteiger charge is -2.18. The van der Waals surface area contributed by atoms with Crippen LogP contribution in [0, 0.1) is 0 Å². The minimum Gasteiger partial charge on any atom is -0.247 e. The third-order valence-corrected chi connectivity index (χ3v) is 12.2. The van der Waals surface area contributed by atoms with Crippen LogP contribution in [0.15, 0.2) is 224 Å². The minimum absolute atomic E-state index is 0.694. The molecule has 0 amide bonds. The standard InChI is InChI=1S/C59H37N3/c1-3-17-42(18-4-1)57-54(58(43-19-5-2-6-20-43)62-59(61-57)47-34-28-39-16-8-10-22-45(39)36-47)41-31-29-40(30-32-41)51-37-52-55(49-24-12-11-23-48(49)51)50-25-13-14-26-53(50)60-56(52)46-33-27-38-15-7-9-21-44(38)35-46/h1-37H. The molecule has 2 aromatic heterocycles. The van der Waals surface area contributed by atoms with E-state index in [2.05, 4.69) is 224 Å². The first kappa shape index (κ1) is 35.7. The van der Waals surface area contributed by atoms with Crippen LogP contribution >= 0.6 is 0 Å². The van der Waals surface area contributed by atoms with Crippen molar-refractivity contribution in [2.75, 3.05) is 0 Å². The molecule has 12 rings (SSSR count). The Labute approximate surface area is 359 Å². The van der Waals surface area contributed by atoms with Gasteiger partial charge in [0.05, 0.1) is 22.6 Å². The number of para-hydroxylation sites is 1. The maximum Gasteiger partial charge on any atom is 0.160 e. The Morgan fingerprint density at radius 3 is 1.39 bits per heavy atom. The molecule has 62 heavy (non-hydrogen) atoms. The Morgan fingerprint density at radius 1 is 0.258 bits per heavy atom. The van der Waals surface area contributed by atoms with E-state index in [0.29, 0.717) is 5.82 Å². The number of rotatable bonds is 6. The molecule has 0 radical (unpaired) electrons. The predicted octanol–water partition coefficient (Wildman–Crippen LogP) is 15.6. The molecule has 0 aliphatic rings. The maximum absolute atomic E-state index is 5.40. The molecule has 3 heteroatoms. The number of aromatic nitrogens is 3. The van der Waals surface area contributed by atoms with Gasteiger partial charge in [0.1, 0.15) is 0 Å². The van der Waals surface area contributed by atoms with Crippen molar-refractivity contribution >= 4 is 54.0 Å². The third kappa shape index (κ3) is 6.10. The summed E-state index contributed by atoms with van der Waals surface area (Å²) in [6.07, 6.45) is 0. The summed E-state index contributed by atoms with van der Waals surface area (Å²) < 4.78 is 0. The second-order valence-electron chi connectivity index (χ2n) is 15.9. The number of pyridine rings is 1. The summed E-state index contributed by atoms with van der Waals surface area (Å²) in [5.74, 6) is 0.694. The van der Waals surface area contributed by atoms with E-state index in [1.165, 1.54) is 32.3 Å². The molecule has 0 N–H and O–H groups in total. The van der Waals surface area contributed by atoms with Crippen LogP contribution in [0.25, 0.3) is 121 Å². The molecule has 0 atom stereocenters. The van der Waals surface area contributed by atoms with Gasteiger partial charge in [-0.2, -0.15) is 0 Å². The predicted molar refractivity (Wildman–Crippen MR) is 260 cm³/mol. The lowest BCUT2D eigenvalue weighted by Crippen LogP contribution is -2.01. The van der Waals surface area contributed by atoms with Crippen molar-refractivity contribution in [3.63, 3.8) is 0 Å². The molecule has 0 unspecified atom stereocenters. The molecule has 10 aromatic carbocycles. The fraction of sp³-hybridized carbons (Fsp3) is 0. The van der Waals surface area contributed by atoms with Gasteiger partial charge in [0, 0.05) is 44.0 Å². The average Bonchev–Trinajstić information content (AvgIpc) is 3.35. The van der Waals surface area contributed by atoms with E-state index in [-0.39, 0.29) is 0 Å². The van der Waals surface area contributed by atoms with E-state index >= 15 is 0 Å². The summed E-state index contributed by atoms with van der Waals surface area (Å²) in [4.78, 5) is 16.2. The van der Waals surface area contributed by atoms with Gasteiger partial charge in [-0.05, 0) is 73.3 Å². The second-order valence-corrected chi connectivity index (χ2v) is 15.9. The molecule has 288 valence electrons. The van der Waals surface area contributed by atoms with Crippen molar-refractivity contribution in [3.8, 4) is 67.4 Å². The average molecular weight is 788 g/mol.